The summed E-state index contributed by atoms with van der Waals surface area (Å²) in [6.07, 6.45) is 1.07. The first kappa shape index (κ1) is 20.4. The molecule has 0 radical (unpaired) electrons. The highest BCUT2D eigenvalue weighted by Gasteiger charge is 2.12. The fourth-order valence-corrected chi connectivity index (χ4v) is 3.71. The van der Waals surface area contributed by atoms with Crippen molar-refractivity contribution in [3.05, 3.63) is 57.9 Å². The van der Waals surface area contributed by atoms with Gasteiger partial charge in [-0.1, -0.05) is 6.92 Å². The second-order valence-electron chi connectivity index (χ2n) is 6.20. The topological polar surface area (TPSA) is 60.5 Å². The van der Waals surface area contributed by atoms with E-state index >= 15 is 0 Å². The van der Waals surface area contributed by atoms with Gasteiger partial charge in [0.25, 0.3) is 5.91 Å². The largest absolute Gasteiger partial charge is 0.496 e. The highest BCUT2D eigenvalue weighted by molar-refractivity contribution is 9.10. The fraction of sp³-hybridized carbons (Fsp3) is 0.238. The number of anilines is 1. The summed E-state index contributed by atoms with van der Waals surface area (Å²) >= 11 is 4.86. The van der Waals surface area contributed by atoms with Gasteiger partial charge >= 0.3 is 0 Å². The Morgan fingerprint density at radius 3 is 2.64 bits per heavy atom. The van der Waals surface area contributed by atoms with Gasteiger partial charge in [-0.15, -0.1) is 11.3 Å². The van der Waals surface area contributed by atoms with Crippen LogP contribution in [0.3, 0.4) is 0 Å². The van der Waals surface area contributed by atoms with Gasteiger partial charge in [0, 0.05) is 16.5 Å². The van der Waals surface area contributed by atoms with Crippen LogP contribution in [0.15, 0.2) is 52.3 Å². The number of carbonyl (C=O) groups is 1. The van der Waals surface area contributed by atoms with Gasteiger partial charge in [0.1, 0.15) is 11.5 Å². The quantitative estimate of drug-likeness (QED) is 0.468. The number of benzene rings is 2. The third-order valence-corrected chi connectivity index (χ3v) is 5.58. The molecule has 0 aliphatic heterocycles. The van der Waals surface area contributed by atoms with Crippen LogP contribution in [0, 0.1) is 0 Å². The summed E-state index contributed by atoms with van der Waals surface area (Å²) in [4.78, 5) is 17.0. The summed E-state index contributed by atoms with van der Waals surface area (Å²) in [5.74, 6) is 1.31. The van der Waals surface area contributed by atoms with Crippen molar-refractivity contribution in [3.63, 3.8) is 0 Å². The lowest BCUT2D eigenvalue weighted by molar-refractivity contribution is 0.102. The van der Waals surface area contributed by atoms with Crippen LogP contribution >= 0.6 is 27.3 Å². The van der Waals surface area contributed by atoms with Crippen LogP contribution in [-0.4, -0.2) is 24.1 Å². The Kier molecular flexibility index (Phi) is 6.70. The maximum atomic E-state index is 12.5. The summed E-state index contributed by atoms with van der Waals surface area (Å²) < 4.78 is 11.8. The molecule has 1 amide bonds. The number of methoxy groups -OCH3 is 1. The molecule has 146 valence electrons. The first-order chi connectivity index (χ1) is 13.5. The lowest BCUT2D eigenvalue weighted by Crippen LogP contribution is -2.12. The Bertz CT molecular complexity index is 957. The number of thiazole rings is 1. The van der Waals surface area contributed by atoms with E-state index in [0.29, 0.717) is 10.7 Å². The molecule has 1 heterocycles. The van der Waals surface area contributed by atoms with E-state index in [0.717, 1.165) is 33.6 Å². The number of hydrogen-bond donors (Lipinski definition) is 1. The van der Waals surface area contributed by atoms with Crippen LogP contribution in [0.25, 0.3) is 11.3 Å². The Hall–Kier alpha value is -2.38. The van der Waals surface area contributed by atoms with E-state index in [2.05, 4.69) is 33.2 Å². The lowest BCUT2D eigenvalue weighted by Gasteiger charge is -2.12. The lowest BCUT2D eigenvalue weighted by atomic mass is 10.2. The van der Waals surface area contributed by atoms with E-state index in [1.807, 2.05) is 42.6 Å². The molecule has 1 N–H and O–H groups in total. The molecule has 0 saturated carbocycles. The zero-order valence-corrected chi connectivity index (χ0v) is 18.3. The molecule has 3 aromatic rings. The third kappa shape index (κ3) is 4.91. The predicted molar refractivity (Wildman–Crippen MR) is 117 cm³/mol. The van der Waals surface area contributed by atoms with Crippen molar-refractivity contribution in [2.75, 3.05) is 12.4 Å². The molecule has 0 fully saturated rings. The van der Waals surface area contributed by atoms with Gasteiger partial charge in [0.05, 0.1) is 23.4 Å². The van der Waals surface area contributed by atoms with E-state index in [1.54, 1.807) is 19.2 Å². The smallest absolute Gasteiger partial charge is 0.257 e. The Labute approximate surface area is 176 Å². The van der Waals surface area contributed by atoms with Crippen LogP contribution in [0.1, 0.15) is 30.6 Å². The van der Waals surface area contributed by atoms with Gasteiger partial charge in [-0.25, -0.2) is 4.98 Å². The van der Waals surface area contributed by atoms with Gasteiger partial charge in [0.2, 0.25) is 0 Å². The van der Waals surface area contributed by atoms with Crippen molar-refractivity contribution in [1.82, 2.24) is 4.98 Å². The van der Waals surface area contributed by atoms with Gasteiger partial charge in [-0.2, -0.15) is 0 Å². The number of rotatable bonds is 7. The van der Waals surface area contributed by atoms with E-state index in [9.17, 15) is 4.79 Å². The van der Waals surface area contributed by atoms with Crippen LogP contribution < -0.4 is 14.8 Å². The minimum absolute atomic E-state index is 0.145. The molecule has 5 nitrogen and oxygen atoms in total. The van der Waals surface area contributed by atoms with E-state index in [4.69, 9.17) is 9.47 Å². The van der Waals surface area contributed by atoms with Crippen LogP contribution in [-0.2, 0) is 0 Å². The summed E-state index contributed by atoms with van der Waals surface area (Å²) in [6, 6.07) is 12.9. The Balaban J connectivity index is 1.67. The average Bonchev–Trinajstić information content (AvgIpc) is 3.16. The van der Waals surface area contributed by atoms with Crippen molar-refractivity contribution in [2.45, 2.75) is 26.4 Å². The number of carbonyl (C=O) groups excluding carboxylic acids is 1. The number of aromatic nitrogens is 1. The van der Waals surface area contributed by atoms with Crippen molar-refractivity contribution in [1.29, 1.82) is 0 Å². The van der Waals surface area contributed by atoms with E-state index in [-0.39, 0.29) is 12.0 Å². The molecule has 0 saturated heterocycles. The minimum Gasteiger partial charge on any atom is -0.496 e. The van der Waals surface area contributed by atoms with Gasteiger partial charge in [0.15, 0.2) is 5.13 Å². The third-order valence-electron chi connectivity index (χ3n) is 4.20. The first-order valence-electron chi connectivity index (χ1n) is 8.87. The molecule has 28 heavy (non-hydrogen) atoms. The molecule has 1 atom stereocenters. The fourth-order valence-electron chi connectivity index (χ4n) is 2.46. The predicted octanol–water partition coefficient (Wildman–Crippen LogP) is 6.01. The molecule has 0 bridgehead atoms. The Morgan fingerprint density at radius 2 is 2.00 bits per heavy atom. The Morgan fingerprint density at radius 1 is 1.25 bits per heavy atom. The second-order valence-corrected chi connectivity index (χ2v) is 7.91. The maximum absolute atomic E-state index is 12.5. The van der Waals surface area contributed by atoms with Crippen molar-refractivity contribution in [3.8, 4) is 22.8 Å². The monoisotopic (exact) mass is 460 g/mol. The molecule has 3 rings (SSSR count). The molecular weight excluding hydrogens is 440 g/mol. The van der Waals surface area contributed by atoms with Crippen molar-refractivity contribution >= 4 is 38.3 Å². The van der Waals surface area contributed by atoms with Crippen LogP contribution in [0.5, 0.6) is 11.5 Å². The van der Waals surface area contributed by atoms with Gasteiger partial charge in [-0.05, 0) is 71.7 Å². The van der Waals surface area contributed by atoms with E-state index < -0.39 is 0 Å². The summed E-state index contributed by atoms with van der Waals surface area (Å²) in [6.45, 7) is 4.08. The van der Waals surface area contributed by atoms with Crippen molar-refractivity contribution in [2.24, 2.45) is 0 Å². The number of nitrogens with zero attached hydrogens (tertiary/aromatic N) is 1. The van der Waals surface area contributed by atoms with E-state index in [1.165, 1.54) is 11.3 Å². The normalized spacial score (nSPS) is 11.7. The standard InChI is InChI=1S/C21H21BrN2O3S/c1-4-13(2)27-16-8-5-14(6-9-16)20(25)24-21-23-18(12-28-21)15-7-10-19(26-3)17(22)11-15/h5-13H,4H2,1-3H3,(H,23,24,25). The molecule has 1 aromatic heterocycles. The van der Waals surface area contributed by atoms with Gasteiger partial charge in [-0.3, -0.25) is 10.1 Å². The highest BCUT2D eigenvalue weighted by atomic mass is 79.9. The number of hydrogen-bond acceptors (Lipinski definition) is 5. The first-order valence-corrected chi connectivity index (χ1v) is 10.5. The molecule has 0 aliphatic carbocycles. The molecule has 1 unspecified atom stereocenters. The number of amides is 1. The molecule has 2 aromatic carbocycles. The van der Waals surface area contributed by atoms with Crippen molar-refractivity contribution < 1.29 is 14.3 Å². The number of ether oxygens (including phenoxy) is 2. The number of halogens is 1. The van der Waals surface area contributed by atoms with Crippen LogP contribution in [0.2, 0.25) is 0 Å². The minimum atomic E-state index is -0.202. The zero-order chi connectivity index (χ0) is 20.1. The average molecular weight is 461 g/mol. The zero-order valence-electron chi connectivity index (χ0n) is 15.9. The highest BCUT2D eigenvalue weighted by Crippen LogP contribution is 2.32. The summed E-state index contributed by atoms with van der Waals surface area (Å²) in [7, 11) is 1.62. The molecule has 0 spiro atoms. The van der Waals surface area contributed by atoms with Crippen LogP contribution in [0.4, 0.5) is 5.13 Å². The number of nitrogens with one attached hydrogen (secondary N) is 1. The van der Waals surface area contributed by atoms with Gasteiger partial charge < -0.3 is 9.47 Å². The second kappa shape index (κ2) is 9.21. The summed E-state index contributed by atoms with van der Waals surface area (Å²) in [5, 5.41) is 5.31. The summed E-state index contributed by atoms with van der Waals surface area (Å²) in [5.41, 5.74) is 2.29. The maximum Gasteiger partial charge on any atom is 0.257 e. The molecule has 7 heteroatoms. The molecular formula is C21H21BrN2O3S. The SMILES string of the molecule is CCC(C)Oc1ccc(C(=O)Nc2nc(-c3ccc(OC)c(Br)c3)cs2)cc1. The molecule has 0 aliphatic rings.